The molecule has 1 N–H and O–H groups in total. The Bertz CT molecular complexity index is 726. The van der Waals surface area contributed by atoms with Crippen molar-refractivity contribution in [1.29, 1.82) is 0 Å². The van der Waals surface area contributed by atoms with E-state index in [-0.39, 0.29) is 0 Å². The van der Waals surface area contributed by atoms with Crippen molar-refractivity contribution in [2.45, 2.75) is 13.5 Å². The average molecular weight is 382 g/mol. The van der Waals surface area contributed by atoms with Gasteiger partial charge in [-0.25, -0.2) is 4.79 Å². The number of aliphatic carboxylic acids is 1. The van der Waals surface area contributed by atoms with Crippen molar-refractivity contribution < 1.29 is 14.6 Å². The van der Waals surface area contributed by atoms with Crippen LogP contribution in [0.1, 0.15) is 16.7 Å². The summed E-state index contributed by atoms with van der Waals surface area (Å²) in [5.74, 6) is -0.468. The van der Waals surface area contributed by atoms with Gasteiger partial charge in [0.05, 0.1) is 4.47 Å². The molecule has 114 valence electrons. The summed E-state index contributed by atoms with van der Waals surface area (Å²) in [6, 6.07) is 11.4. The Morgan fingerprint density at radius 1 is 1.36 bits per heavy atom. The molecule has 3 nitrogen and oxygen atoms in total. The maximum atomic E-state index is 10.7. The molecule has 22 heavy (non-hydrogen) atoms. The molecule has 0 bridgehead atoms. The number of hydrogen-bond donors (Lipinski definition) is 1. The van der Waals surface area contributed by atoms with E-state index in [0.29, 0.717) is 27.4 Å². The van der Waals surface area contributed by atoms with Gasteiger partial charge in [0.25, 0.3) is 0 Å². The number of carboxylic acid groups (broad SMARTS) is 1. The minimum Gasteiger partial charge on any atom is -0.487 e. The Morgan fingerprint density at radius 3 is 2.82 bits per heavy atom. The lowest BCUT2D eigenvalue weighted by atomic mass is 10.1. The smallest absolute Gasteiger partial charge is 0.328 e. The number of halogens is 2. The predicted molar refractivity (Wildman–Crippen MR) is 91.3 cm³/mol. The van der Waals surface area contributed by atoms with Crippen LogP contribution in [0.4, 0.5) is 0 Å². The fourth-order valence-electron chi connectivity index (χ4n) is 1.97. The summed E-state index contributed by atoms with van der Waals surface area (Å²) in [5.41, 5.74) is 2.80. The number of benzene rings is 2. The highest BCUT2D eigenvalue weighted by molar-refractivity contribution is 9.10. The molecule has 0 saturated heterocycles. The van der Waals surface area contributed by atoms with E-state index in [1.165, 1.54) is 6.08 Å². The third kappa shape index (κ3) is 4.61. The van der Waals surface area contributed by atoms with Gasteiger partial charge in [0, 0.05) is 16.7 Å². The zero-order valence-electron chi connectivity index (χ0n) is 11.8. The summed E-state index contributed by atoms with van der Waals surface area (Å²) >= 11 is 9.41. The van der Waals surface area contributed by atoms with Gasteiger partial charge in [0.15, 0.2) is 0 Å². The van der Waals surface area contributed by atoms with Crippen LogP contribution in [-0.4, -0.2) is 11.1 Å². The number of ether oxygens (including phenoxy) is 1. The van der Waals surface area contributed by atoms with Gasteiger partial charge >= 0.3 is 5.97 Å². The molecule has 0 fully saturated rings. The van der Waals surface area contributed by atoms with E-state index in [1.807, 2.05) is 31.2 Å². The van der Waals surface area contributed by atoms with Crippen molar-refractivity contribution >= 4 is 39.6 Å². The Morgan fingerprint density at radius 2 is 2.14 bits per heavy atom. The van der Waals surface area contributed by atoms with Crippen LogP contribution in [0.15, 0.2) is 46.9 Å². The van der Waals surface area contributed by atoms with E-state index in [2.05, 4.69) is 15.9 Å². The van der Waals surface area contributed by atoms with Gasteiger partial charge in [0.2, 0.25) is 0 Å². The van der Waals surface area contributed by atoms with Gasteiger partial charge in [-0.3, -0.25) is 0 Å². The molecule has 2 rings (SSSR count). The summed E-state index contributed by atoms with van der Waals surface area (Å²) in [4.78, 5) is 10.7. The molecular formula is C17H14BrClO3. The highest BCUT2D eigenvalue weighted by Gasteiger charge is 2.09. The molecule has 0 saturated carbocycles. The third-order valence-electron chi connectivity index (χ3n) is 2.91. The largest absolute Gasteiger partial charge is 0.487 e. The van der Waals surface area contributed by atoms with Crippen LogP contribution < -0.4 is 4.74 Å². The van der Waals surface area contributed by atoms with Gasteiger partial charge in [0.1, 0.15) is 12.4 Å². The molecule has 0 aliphatic heterocycles. The maximum Gasteiger partial charge on any atom is 0.328 e. The van der Waals surface area contributed by atoms with E-state index in [4.69, 9.17) is 21.4 Å². The maximum absolute atomic E-state index is 10.7. The topological polar surface area (TPSA) is 46.5 Å². The highest BCUT2D eigenvalue weighted by Crippen LogP contribution is 2.34. The fourth-order valence-corrected chi connectivity index (χ4v) is 2.92. The summed E-state index contributed by atoms with van der Waals surface area (Å²) in [6.45, 7) is 2.40. The van der Waals surface area contributed by atoms with E-state index < -0.39 is 5.97 Å². The molecule has 0 heterocycles. The predicted octanol–water partition coefficient (Wildman–Crippen LogP) is 5.09. The van der Waals surface area contributed by atoms with Crippen LogP contribution in [0.2, 0.25) is 5.02 Å². The third-order valence-corrected chi connectivity index (χ3v) is 3.72. The van der Waals surface area contributed by atoms with E-state index >= 15 is 0 Å². The molecule has 0 aromatic heterocycles. The van der Waals surface area contributed by atoms with Crippen LogP contribution in [0.3, 0.4) is 0 Å². The van der Waals surface area contributed by atoms with Crippen LogP contribution >= 0.6 is 27.5 Å². The molecule has 0 atom stereocenters. The second-order valence-electron chi connectivity index (χ2n) is 4.76. The SMILES string of the molecule is Cc1cccc(COc2c(Br)cc(Cl)cc2C=CC(=O)O)c1. The van der Waals surface area contributed by atoms with E-state index in [1.54, 1.807) is 12.1 Å². The van der Waals surface area contributed by atoms with Crippen molar-refractivity contribution in [2.24, 2.45) is 0 Å². The first-order valence-electron chi connectivity index (χ1n) is 6.54. The number of rotatable bonds is 5. The van der Waals surface area contributed by atoms with Crippen molar-refractivity contribution in [2.75, 3.05) is 0 Å². The first-order valence-corrected chi connectivity index (χ1v) is 7.71. The molecule has 2 aromatic carbocycles. The minimum atomic E-state index is -1.03. The van der Waals surface area contributed by atoms with Gasteiger partial charge < -0.3 is 9.84 Å². The quantitative estimate of drug-likeness (QED) is 0.734. The first-order chi connectivity index (χ1) is 10.5. The minimum absolute atomic E-state index is 0.385. The number of carboxylic acids is 1. The number of hydrogen-bond acceptors (Lipinski definition) is 2. The summed E-state index contributed by atoms with van der Waals surface area (Å²) in [5, 5.41) is 9.27. The van der Waals surface area contributed by atoms with Crippen molar-refractivity contribution in [1.82, 2.24) is 0 Å². The Kier molecular flexibility index (Phi) is 5.63. The molecule has 0 aliphatic carbocycles. The average Bonchev–Trinajstić information content (AvgIpc) is 2.43. The van der Waals surface area contributed by atoms with Crippen LogP contribution in [-0.2, 0) is 11.4 Å². The standard InChI is InChI=1S/C17H14BrClO3/c1-11-3-2-4-12(7-11)10-22-17-13(5-6-16(20)21)8-14(19)9-15(17)18/h2-9H,10H2,1H3,(H,20,21). The fraction of sp³-hybridized carbons (Fsp3) is 0.118. The lowest BCUT2D eigenvalue weighted by Gasteiger charge is -2.12. The zero-order valence-corrected chi connectivity index (χ0v) is 14.2. The van der Waals surface area contributed by atoms with Gasteiger partial charge in [-0.1, -0.05) is 41.4 Å². The molecule has 0 amide bonds. The monoisotopic (exact) mass is 380 g/mol. The molecule has 0 spiro atoms. The van der Waals surface area contributed by atoms with Crippen molar-refractivity contribution in [3.63, 3.8) is 0 Å². The normalized spacial score (nSPS) is 10.9. The second-order valence-corrected chi connectivity index (χ2v) is 6.05. The summed E-state index contributed by atoms with van der Waals surface area (Å²) < 4.78 is 6.52. The lowest BCUT2D eigenvalue weighted by Crippen LogP contribution is -1.98. The summed E-state index contributed by atoms with van der Waals surface area (Å²) in [6.07, 6.45) is 2.52. The molecule has 0 unspecified atom stereocenters. The zero-order chi connectivity index (χ0) is 16.1. The number of carbonyl (C=O) groups is 1. The Balaban J connectivity index is 2.27. The van der Waals surface area contributed by atoms with Gasteiger partial charge in [-0.05, 0) is 46.6 Å². The molecule has 5 heteroatoms. The first kappa shape index (κ1) is 16.6. The van der Waals surface area contributed by atoms with Gasteiger partial charge in [-0.15, -0.1) is 0 Å². The molecule has 2 aromatic rings. The lowest BCUT2D eigenvalue weighted by molar-refractivity contribution is -0.131. The highest BCUT2D eigenvalue weighted by atomic mass is 79.9. The molecular weight excluding hydrogens is 368 g/mol. The van der Waals surface area contributed by atoms with E-state index in [9.17, 15) is 4.79 Å². The Labute approximate surface area is 142 Å². The molecule has 0 radical (unpaired) electrons. The van der Waals surface area contributed by atoms with Crippen LogP contribution in [0, 0.1) is 6.92 Å². The summed E-state index contributed by atoms with van der Waals surface area (Å²) in [7, 11) is 0. The molecule has 0 aliphatic rings. The Hall–Kier alpha value is -1.78. The van der Waals surface area contributed by atoms with E-state index in [0.717, 1.165) is 17.2 Å². The van der Waals surface area contributed by atoms with Crippen LogP contribution in [0.25, 0.3) is 6.08 Å². The van der Waals surface area contributed by atoms with Crippen LogP contribution in [0.5, 0.6) is 5.75 Å². The van der Waals surface area contributed by atoms with Crippen molar-refractivity contribution in [3.05, 3.63) is 68.7 Å². The van der Waals surface area contributed by atoms with Gasteiger partial charge in [-0.2, -0.15) is 0 Å². The second kappa shape index (κ2) is 7.47. The van der Waals surface area contributed by atoms with Crippen molar-refractivity contribution in [3.8, 4) is 5.75 Å². The number of aryl methyl sites for hydroxylation is 1.